The van der Waals surface area contributed by atoms with E-state index in [0.717, 1.165) is 6.54 Å². The monoisotopic (exact) mass is 298 g/mol. The van der Waals surface area contributed by atoms with Gasteiger partial charge >= 0.3 is 5.97 Å². The molecule has 118 valence electrons. The van der Waals surface area contributed by atoms with E-state index in [1.54, 1.807) is 6.92 Å². The van der Waals surface area contributed by atoms with Gasteiger partial charge in [-0.3, -0.25) is 19.8 Å². The van der Waals surface area contributed by atoms with Gasteiger partial charge in [0, 0.05) is 13.1 Å². The lowest BCUT2D eigenvalue weighted by molar-refractivity contribution is -0.144. The van der Waals surface area contributed by atoms with Gasteiger partial charge in [0.05, 0.1) is 24.5 Å². The van der Waals surface area contributed by atoms with Crippen LogP contribution < -0.4 is 16.2 Å². The fourth-order valence-corrected chi connectivity index (χ4v) is 2.84. The number of likely N-dealkylation sites (tertiary alicyclic amines) is 1. The predicted octanol–water partition coefficient (Wildman–Crippen LogP) is -1.76. The Kier molecular flexibility index (Phi) is 5.13. The number of piperidine rings is 1. The molecule has 0 aliphatic carbocycles. The molecule has 21 heavy (non-hydrogen) atoms. The Morgan fingerprint density at radius 3 is 2.81 bits per heavy atom. The van der Waals surface area contributed by atoms with Gasteiger partial charge in [-0.1, -0.05) is 6.92 Å². The molecule has 3 unspecified atom stereocenters. The molecule has 0 aromatic heterocycles. The average molecular weight is 298 g/mol. The smallest absolute Gasteiger partial charge is 0.325 e. The zero-order valence-electron chi connectivity index (χ0n) is 12.3. The minimum absolute atomic E-state index is 0.0821. The van der Waals surface area contributed by atoms with Gasteiger partial charge in [-0.05, 0) is 13.5 Å². The van der Waals surface area contributed by atoms with Crippen molar-refractivity contribution in [2.75, 3.05) is 32.8 Å². The van der Waals surface area contributed by atoms with Gasteiger partial charge in [0.15, 0.2) is 0 Å². The highest BCUT2D eigenvalue weighted by atomic mass is 16.5. The first-order chi connectivity index (χ1) is 10.1. The zero-order valence-corrected chi connectivity index (χ0v) is 12.3. The SMILES string of the molecule is CCOC(=O)CNC(=O)C1CN(CC)CC2C(=O)NNC12. The number of esters is 1. The molecule has 2 fully saturated rings. The first-order valence-corrected chi connectivity index (χ1v) is 7.27. The van der Waals surface area contributed by atoms with Crippen molar-refractivity contribution in [2.24, 2.45) is 11.8 Å². The highest BCUT2D eigenvalue weighted by Crippen LogP contribution is 2.25. The maximum absolute atomic E-state index is 12.3. The van der Waals surface area contributed by atoms with Crippen LogP contribution in [0.5, 0.6) is 0 Å². The number of nitrogens with one attached hydrogen (secondary N) is 3. The van der Waals surface area contributed by atoms with Crippen LogP contribution in [-0.2, 0) is 19.1 Å². The van der Waals surface area contributed by atoms with Crippen LogP contribution in [0.15, 0.2) is 0 Å². The molecule has 3 N–H and O–H groups in total. The molecule has 2 aliphatic rings. The number of fused-ring (bicyclic) bond motifs is 1. The molecule has 8 nitrogen and oxygen atoms in total. The first-order valence-electron chi connectivity index (χ1n) is 7.27. The molecule has 8 heteroatoms. The number of rotatable bonds is 5. The molecule has 2 saturated heterocycles. The largest absolute Gasteiger partial charge is 0.465 e. The standard InChI is InChI=1S/C13H22N4O4/c1-3-17-6-8(11-9(7-17)13(20)16-15-11)12(19)14-5-10(18)21-4-2/h8-9,11,15H,3-7H2,1-2H3,(H,14,19)(H,16,20). The van der Waals surface area contributed by atoms with Crippen LogP contribution in [0.4, 0.5) is 0 Å². The maximum Gasteiger partial charge on any atom is 0.325 e. The van der Waals surface area contributed by atoms with Crippen LogP contribution in [-0.4, -0.2) is 61.5 Å². The van der Waals surface area contributed by atoms with Crippen molar-refractivity contribution in [2.45, 2.75) is 19.9 Å². The predicted molar refractivity (Wildman–Crippen MR) is 73.8 cm³/mol. The van der Waals surface area contributed by atoms with E-state index >= 15 is 0 Å². The third kappa shape index (κ3) is 3.51. The van der Waals surface area contributed by atoms with Crippen molar-refractivity contribution in [3.05, 3.63) is 0 Å². The molecular weight excluding hydrogens is 276 g/mol. The summed E-state index contributed by atoms with van der Waals surface area (Å²) in [5.74, 6) is -1.39. The van der Waals surface area contributed by atoms with E-state index in [2.05, 4.69) is 21.1 Å². The summed E-state index contributed by atoms with van der Waals surface area (Å²) in [7, 11) is 0. The lowest BCUT2D eigenvalue weighted by atomic mass is 9.84. The lowest BCUT2D eigenvalue weighted by Gasteiger charge is -2.37. The van der Waals surface area contributed by atoms with Crippen LogP contribution in [0.1, 0.15) is 13.8 Å². The Hall–Kier alpha value is -1.67. The Morgan fingerprint density at radius 1 is 1.38 bits per heavy atom. The molecule has 2 amide bonds. The molecule has 2 rings (SSSR count). The van der Waals surface area contributed by atoms with Gasteiger partial charge in [-0.2, -0.15) is 0 Å². The number of carbonyl (C=O) groups is 3. The Morgan fingerprint density at radius 2 is 2.14 bits per heavy atom. The maximum atomic E-state index is 12.3. The number of ether oxygens (including phenoxy) is 1. The van der Waals surface area contributed by atoms with E-state index in [0.29, 0.717) is 13.1 Å². The minimum atomic E-state index is -0.459. The Bertz CT molecular complexity index is 428. The number of hydrogen-bond donors (Lipinski definition) is 3. The summed E-state index contributed by atoms with van der Waals surface area (Å²) in [5.41, 5.74) is 5.48. The van der Waals surface area contributed by atoms with Gasteiger partial charge < -0.3 is 15.0 Å². The average Bonchev–Trinajstić information content (AvgIpc) is 2.85. The van der Waals surface area contributed by atoms with Gasteiger partial charge in [-0.25, -0.2) is 5.43 Å². The molecule has 0 bridgehead atoms. The fourth-order valence-electron chi connectivity index (χ4n) is 2.84. The van der Waals surface area contributed by atoms with Crippen molar-refractivity contribution in [1.82, 2.24) is 21.1 Å². The second-order valence-electron chi connectivity index (χ2n) is 5.25. The summed E-state index contributed by atoms with van der Waals surface area (Å²) in [6, 6.07) is -0.234. The Labute approximate surface area is 123 Å². The van der Waals surface area contributed by atoms with E-state index in [1.165, 1.54) is 0 Å². The minimum Gasteiger partial charge on any atom is -0.465 e. The van der Waals surface area contributed by atoms with Crippen LogP contribution in [0.2, 0.25) is 0 Å². The molecule has 2 aliphatic heterocycles. The van der Waals surface area contributed by atoms with Crippen molar-refractivity contribution < 1.29 is 19.1 Å². The van der Waals surface area contributed by atoms with Crippen LogP contribution >= 0.6 is 0 Å². The van der Waals surface area contributed by atoms with Gasteiger partial charge in [0.1, 0.15) is 6.54 Å². The molecular formula is C13H22N4O4. The van der Waals surface area contributed by atoms with Crippen molar-refractivity contribution in [3.63, 3.8) is 0 Å². The van der Waals surface area contributed by atoms with E-state index in [-0.39, 0.29) is 42.8 Å². The van der Waals surface area contributed by atoms with Gasteiger partial charge in [0.25, 0.3) is 0 Å². The quantitative estimate of drug-likeness (QED) is 0.520. The second kappa shape index (κ2) is 6.86. The summed E-state index contributed by atoms with van der Waals surface area (Å²) in [5, 5.41) is 2.59. The number of hydrazine groups is 1. The fraction of sp³-hybridized carbons (Fsp3) is 0.769. The number of hydrogen-bond acceptors (Lipinski definition) is 6. The number of nitrogens with zero attached hydrogens (tertiary/aromatic N) is 1. The molecule has 0 radical (unpaired) electrons. The van der Waals surface area contributed by atoms with Crippen molar-refractivity contribution in [1.29, 1.82) is 0 Å². The lowest BCUT2D eigenvalue weighted by Crippen LogP contribution is -2.57. The van der Waals surface area contributed by atoms with Gasteiger partial charge in [-0.15, -0.1) is 0 Å². The highest BCUT2D eigenvalue weighted by molar-refractivity contribution is 5.87. The van der Waals surface area contributed by atoms with Crippen molar-refractivity contribution >= 4 is 17.8 Å². The number of carbonyl (C=O) groups excluding carboxylic acids is 3. The zero-order chi connectivity index (χ0) is 15.4. The summed E-state index contributed by atoms with van der Waals surface area (Å²) in [4.78, 5) is 37.4. The topological polar surface area (TPSA) is 99.8 Å². The molecule has 2 heterocycles. The van der Waals surface area contributed by atoms with E-state index in [9.17, 15) is 14.4 Å². The third-order valence-electron chi connectivity index (χ3n) is 3.97. The van der Waals surface area contributed by atoms with E-state index < -0.39 is 5.97 Å². The third-order valence-corrected chi connectivity index (χ3v) is 3.97. The molecule has 3 atom stereocenters. The van der Waals surface area contributed by atoms with Crippen LogP contribution in [0.3, 0.4) is 0 Å². The normalized spacial score (nSPS) is 28.7. The Balaban J connectivity index is 1.97. The van der Waals surface area contributed by atoms with Crippen LogP contribution in [0, 0.1) is 11.8 Å². The molecule has 0 aromatic carbocycles. The first kappa shape index (κ1) is 15.7. The summed E-state index contributed by atoms with van der Waals surface area (Å²) in [6.07, 6.45) is 0. The summed E-state index contributed by atoms with van der Waals surface area (Å²) in [6.45, 7) is 5.83. The number of amides is 2. The highest BCUT2D eigenvalue weighted by Gasteiger charge is 2.47. The van der Waals surface area contributed by atoms with Gasteiger partial charge in [0.2, 0.25) is 11.8 Å². The molecule has 0 spiro atoms. The van der Waals surface area contributed by atoms with Crippen molar-refractivity contribution in [3.8, 4) is 0 Å². The second-order valence-corrected chi connectivity index (χ2v) is 5.25. The molecule has 0 saturated carbocycles. The van der Waals surface area contributed by atoms with E-state index in [1.807, 2.05) is 6.92 Å². The van der Waals surface area contributed by atoms with E-state index in [4.69, 9.17) is 4.74 Å². The van der Waals surface area contributed by atoms with Crippen LogP contribution in [0.25, 0.3) is 0 Å². The summed E-state index contributed by atoms with van der Waals surface area (Å²) < 4.78 is 4.78. The molecule has 0 aromatic rings. The summed E-state index contributed by atoms with van der Waals surface area (Å²) >= 11 is 0.